The van der Waals surface area contributed by atoms with E-state index < -0.39 is 30.6 Å². The van der Waals surface area contributed by atoms with Crippen LogP contribution in [0.1, 0.15) is 19.8 Å². The summed E-state index contributed by atoms with van der Waals surface area (Å²) in [6, 6.07) is 0. The minimum atomic E-state index is -4.63. The SMILES string of the molecule is CCCO[C@@H]([C@H]1OCC[C@@H](O)[C@@H]1O)C(F)(F)F. The number of rotatable bonds is 4. The summed E-state index contributed by atoms with van der Waals surface area (Å²) in [5.74, 6) is 0. The molecule has 17 heavy (non-hydrogen) atoms. The van der Waals surface area contributed by atoms with Gasteiger partial charge >= 0.3 is 6.18 Å². The molecule has 0 unspecified atom stereocenters. The first-order chi connectivity index (χ1) is 7.88. The van der Waals surface area contributed by atoms with E-state index in [0.717, 1.165) is 0 Å². The second kappa shape index (κ2) is 5.99. The predicted molar refractivity (Wildman–Crippen MR) is 52.5 cm³/mol. The molecule has 102 valence electrons. The summed E-state index contributed by atoms with van der Waals surface area (Å²) in [6.07, 6.45) is -10.6. The van der Waals surface area contributed by atoms with Crippen molar-refractivity contribution in [3.63, 3.8) is 0 Å². The highest BCUT2D eigenvalue weighted by molar-refractivity contribution is 4.90. The lowest BCUT2D eigenvalue weighted by molar-refractivity contribution is -0.279. The van der Waals surface area contributed by atoms with Crippen LogP contribution in [0.5, 0.6) is 0 Å². The Bertz CT molecular complexity index is 234. The van der Waals surface area contributed by atoms with Crippen molar-refractivity contribution in [2.75, 3.05) is 13.2 Å². The van der Waals surface area contributed by atoms with Gasteiger partial charge in [-0.05, 0) is 12.8 Å². The second-order valence-corrected chi connectivity index (χ2v) is 4.02. The Balaban J connectivity index is 2.74. The van der Waals surface area contributed by atoms with Gasteiger partial charge in [0.1, 0.15) is 12.2 Å². The normalized spacial score (nSPS) is 32.5. The van der Waals surface area contributed by atoms with E-state index in [4.69, 9.17) is 9.47 Å². The van der Waals surface area contributed by atoms with E-state index >= 15 is 0 Å². The average molecular weight is 258 g/mol. The third-order valence-corrected chi connectivity index (χ3v) is 2.58. The molecule has 1 saturated heterocycles. The zero-order valence-corrected chi connectivity index (χ0v) is 9.48. The highest BCUT2D eigenvalue weighted by Gasteiger charge is 2.51. The van der Waals surface area contributed by atoms with Crippen LogP contribution in [0.4, 0.5) is 13.2 Å². The fourth-order valence-corrected chi connectivity index (χ4v) is 1.70. The molecule has 7 heteroatoms. The molecule has 1 rings (SSSR count). The molecule has 0 aliphatic carbocycles. The van der Waals surface area contributed by atoms with Gasteiger partial charge in [0.2, 0.25) is 0 Å². The first-order valence-corrected chi connectivity index (χ1v) is 5.54. The monoisotopic (exact) mass is 258 g/mol. The van der Waals surface area contributed by atoms with Crippen molar-refractivity contribution in [2.24, 2.45) is 0 Å². The van der Waals surface area contributed by atoms with E-state index in [1.807, 2.05) is 0 Å². The van der Waals surface area contributed by atoms with Crippen LogP contribution in [-0.2, 0) is 9.47 Å². The molecule has 0 saturated carbocycles. The fraction of sp³-hybridized carbons (Fsp3) is 1.00. The Hall–Kier alpha value is -0.370. The molecule has 0 aromatic carbocycles. The summed E-state index contributed by atoms with van der Waals surface area (Å²) in [5, 5.41) is 18.9. The first-order valence-electron chi connectivity index (χ1n) is 5.54. The molecule has 0 aromatic rings. The lowest BCUT2D eigenvalue weighted by Gasteiger charge is -2.37. The van der Waals surface area contributed by atoms with Crippen molar-refractivity contribution in [2.45, 2.75) is 50.4 Å². The lowest BCUT2D eigenvalue weighted by atomic mass is 9.97. The molecule has 1 fully saturated rings. The van der Waals surface area contributed by atoms with E-state index in [-0.39, 0.29) is 19.6 Å². The largest absolute Gasteiger partial charge is 0.417 e. The van der Waals surface area contributed by atoms with E-state index in [2.05, 4.69) is 0 Å². The van der Waals surface area contributed by atoms with Gasteiger partial charge in [-0.2, -0.15) is 13.2 Å². The van der Waals surface area contributed by atoms with Crippen molar-refractivity contribution in [3.8, 4) is 0 Å². The van der Waals surface area contributed by atoms with Crippen LogP contribution in [0.25, 0.3) is 0 Å². The molecular weight excluding hydrogens is 241 g/mol. The fourth-order valence-electron chi connectivity index (χ4n) is 1.70. The minimum Gasteiger partial charge on any atom is -0.390 e. The molecule has 4 atom stereocenters. The number of aliphatic hydroxyl groups is 2. The average Bonchev–Trinajstić information content (AvgIpc) is 2.22. The summed E-state index contributed by atoms with van der Waals surface area (Å²) in [6.45, 7) is 1.58. The van der Waals surface area contributed by atoms with Crippen molar-refractivity contribution in [1.29, 1.82) is 0 Å². The van der Waals surface area contributed by atoms with E-state index in [0.29, 0.717) is 6.42 Å². The van der Waals surface area contributed by atoms with Crippen molar-refractivity contribution in [3.05, 3.63) is 0 Å². The summed E-state index contributed by atoms with van der Waals surface area (Å²) in [7, 11) is 0. The Kier molecular flexibility index (Phi) is 5.18. The number of hydrogen-bond donors (Lipinski definition) is 2. The molecule has 0 amide bonds. The highest BCUT2D eigenvalue weighted by atomic mass is 19.4. The molecule has 0 bridgehead atoms. The smallest absolute Gasteiger partial charge is 0.390 e. The van der Waals surface area contributed by atoms with Gasteiger partial charge < -0.3 is 19.7 Å². The number of alkyl halides is 3. The zero-order chi connectivity index (χ0) is 13.1. The Morgan fingerprint density at radius 2 is 2.06 bits per heavy atom. The van der Waals surface area contributed by atoms with Gasteiger partial charge in [-0.1, -0.05) is 6.92 Å². The molecule has 2 N–H and O–H groups in total. The second-order valence-electron chi connectivity index (χ2n) is 4.02. The molecule has 1 heterocycles. The van der Waals surface area contributed by atoms with Gasteiger partial charge in [0, 0.05) is 13.2 Å². The van der Waals surface area contributed by atoms with Crippen LogP contribution in [0, 0.1) is 0 Å². The summed E-state index contributed by atoms with van der Waals surface area (Å²) in [5.41, 5.74) is 0. The highest BCUT2D eigenvalue weighted by Crippen LogP contribution is 2.31. The van der Waals surface area contributed by atoms with Gasteiger partial charge in [-0.3, -0.25) is 0 Å². The van der Waals surface area contributed by atoms with E-state index in [1.54, 1.807) is 6.92 Å². The number of hydrogen-bond acceptors (Lipinski definition) is 4. The topological polar surface area (TPSA) is 58.9 Å². The zero-order valence-electron chi connectivity index (χ0n) is 9.48. The van der Waals surface area contributed by atoms with Crippen LogP contribution >= 0.6 is 0 Å². The molecule has 0 radical (unpaired) electrons. The quantitative estimate of drug-likeness (QED) is 0.785. The van der Waals surface area contributed by atoms with Gasteiger partial charge in [0.25, 0.3) is 0 Å². The third-order valence-electron chi connectivity index (χ3n) is 2.58. The molecule has 1 aliphatic rings. The maximum atomic E-state index is 12.7. The summed E-state index contributed by atoms with van der Waals surface area (Å²) >= 11 is 0. The number of ether oxygens (including phenoxy) is 2. The maximum absolute atomic E-state index is 12.7. The minimum absolute atomic E-state index is 0.0229. The summed E-state index contributed by atoms with van der Waals surface area (Å²) < 4.78 is 47.8. The summed E-state index contributed by atoms with van der Waals surface area (Å²) in [4.78, 5) is 0. The molecule has 0 aromatic heterocycles. The van der Waals surface area contributed by atoms with Gasteiger partial charge in [0.05, 0.1) is 6.10 Å². The van der Waals surface area contributed by atoms with Crippen LogP contribution in [0.15, 0.2) is 0 Å². The van der Waals surface area contributed by atoms with Crippen LogP contribution in [-0.4, -0.2) is 54.0 Å². The molecular formula is C10H17F3O4. The predicted octanol–water partition coefficient (Wildman–Crippen LogP) is 0.855. The van der Waals surface area contributed by atoms with Crippen LogP contribution < -0.4 is 0 Å². The van der Waals surface area contributed by atoms with Crippen LogP contribution in [0.2, 0.25) is 0 Å². The van der Waals surface area contributed by atoms with Crippen molar-refractivity contribution in [1.82, 2.24) is 0 Å². The van der Waals surface area contributed by atoms with Crippen molar-refractivity contribution >= 4 is 0 Å². The van der Waals surface area contributed by atoms with Gasteiger partial charge in [-0.25, -0.2) is 0 Å². The lowest BCUT2D eigenvalue weighted by Crippen LogP contribution is -2.55. The third kappa shape index (κ3) is 3.80. The van der Waals surface area contributed by atoms with Crippen molar-refractivity contribution < 1.29 is 32.9 Å². The Morgan fingerprint density at radius 3 is 2.59 bits per heavy atom. The van der Waals surface area contributed by atoms with E-state index in [1.165, 1.54) is 0 Å². The standard InChI is InChI=1S/C10H17F3O4/c1-2-4-17-9(10(11,12)13)8-7(15)6(14)3-5-16-8/h6-9,14-15H,2-5H2,1H3/t6-,7+,8+,9+/m1/s1. The number of halogens is 3. The van der Waals surface area contributed by atoms with Gasteiger partial charge in [-0.15, -0.1) is 0 Å². The van der Waals surface area contributed by atoms with E-state index in [9.17, 15) is 23.4 Å². The van der Waals surface area contributed by atoms with Crippen LogP contribution in [0.3, 0.4) is 0 Å². The van der Waals surface area contributed by atoms with Gasteiger partial charge in [0.15, 0.2) is 6.10 Å². The Morgan fingerprint density at radius 1 is 1.41 bits per heavy atom. The molecule has 1 aliphatic heterocycles. The number of aliphatic hydroxyl groups excluding tert-OH is 2. The first kappa shape index (κ1) is 14.7. The maximum Gasteiger partial charge on any atom is 0.417 e. The Labute approximate surface area is 97.3 Å². The molecule has 0 spiro atoms. The molecule has 4 nitrogen and oxygen atoms in total.